The van der Waals surface area contributed by atoms with Gasteiger partial charge in [0, 0.05) is 18.0 Å². The van der Waals surface area contributed by atoms with Gasteiger partial charge in [0.2, 0.25) is 5.91 Å². The van der Waals surface area contributed by atoms with E-state index in [0.717, 1.165) is 42.0 Å². The topological polar surface area (TPSA) is 95.0 Å². The normalized spacial score (nSPS) is 11.2. The van der Waals surface area contributed by atoms with Crippen molar-refractivity contribution in [2.45, 2.75) is 31.8 Å². The highest BCUT2D eigenvalue weighted by atomic mass is 32.2. The van der Waals surface area contributed by atoms with E-state index in [9.17, 15) is 4.79 Å². The number of anilines is 1. The maximum atomic E-state index is 12.6. The molecule has 3 heterocycles. The highest BCUT2D eigenvalue weighted by molar-refractivity contribution is 7.99. The third kappa shape index (κ3) is 5.54. The first-order valence-corrected chi connectivity index (χ1v) is 13.3. The van der Waals surface area contributed by atoms with Crippen LogP contribution in [0.1, 0.15) is 26.7 Å². The van der Waals surface area contributed by atoms with Crippen molar-refractivity contribution in [3.05, 3.63) is 67.0 Å². The van der Waals surface area contributed by atoms with Crippen LogP contribution >= 0.6 is 11.8 Å². The number of nitrogens with one attached hydrogen (secondary N) is 1. The standard InChI is InChI=1S/C27H28N6O3S/c1-3-5-16-36-20-12-10-19(11-13-20)22-17-23-26-29-30-27(32(26)14-15-33(23)31-22)37-18-25(34)28-21-8-6-7-9-24(21)35-4-2/h6-15,17H,3-5,16,18H2,1-2H3,(H,28,34). The Hall–Kier alpha value is -4.05. The lowest BCUT2D eigenvalue weighted by molar-refractivity contribution is -0.113. The van der Waals surface area contributed by atoms with Crippen LogP contribution in [0.3, 0.4) is 0 Å². The summed E-state index contributed by atoms with van der Waals surface area (Å²) in [5, 5.41) is 16.9. The van der Waals surface area contributed by atoms with Crippen LogP contribution in [-0.2, 0) is 4.79 Å². The molecule has 0 spiro atoms. The van der Waals surface area contributed by atoms with Gasteiger partial charge in [0.1, 0.15) is 17.0 Å². The number of hydrogen-bond donors (Lipinski definition) is 1. The Kier molecular flexibility index (Phi) is 7.55. The largest absolute Gasteiger partial charge is 0.494 e. The van der Waals surface area contributed by atoms with Crippen molar-refractivity contribution in [2.24, 2.45) is 0 Å². The van der Waals surface area contributed by atoms with Gasteiger partial charge >= 0.3 is 0 Å². The molecule has 0 aliphatic carbocycles. The van der Waals surface area contributed by atoms with E-state index in [2.05, 4.69) is 22.4 Å². The predicted molar refractivity (Wildman–Crippen MR) is 145 cm³/mol. The zero-order valence-electron chi connectivity index (χ0n) is 20.8. The fraction of sp³-hybridized carbons (Fsp3) is 0.259. The summed E-state index contributed by atoms with van der Waals surface area (Å²) in [7, 11) is 0. The molecule has 9 nitrogen and oxygen atoms in total. The van der Waals surface area contributed by atoms with Crippen LogP contribution in [0.5, 0.6) is 11.5 Å². The summed E-state index contributed by atoms with van der Waals surface area (Å²) in [6, 6.07) is 17.3. The molecule has 1 N–H and O–H groups in total. The average Bonchev–Trinajstić information content (AvgIpc) is 3.53. The van der Waals surface area contributed by atoms with Gasteiger partial charge in [-0.2, -0.15) is 5.10 Å². The van der Waals surface area contributed by atoms with Crippen LogP contribution in [-0.4, -0.2) is 49.1 Å². The van der Waals surface area contributed by atoms with Crippen molar-refractivity contribution < 1.29 is 14.3 Å². The first-order valence-electron chi connectivity index (χ1n) is 12.3. The minimum atomic E-state index is -0.149. The molecule has 5 rings (SSSR count). The maximum Gasteiger partial charge on any atom is 0.234 e. The number of rotatable bonds is 11. The monoisotopic (exact) mass is 516 g/mol. The number of nitrogens with zero attached hydrogens (tertiary/aromatic N) is 5. The second-order valence-electron chi connectivity index (χ2n) is 8.33. The summed E-state index contributed by atoms with van der Waals surface area (Å²) in [5.74, 6) is 1.54. The van der Waals surface area contributed by atoms with Gasteiger partial charge in [0.25, 0.3) is 0 Å². The number of thioether (sulfide) groups is 1. The molecule has 0 fully saturated rings. The van der Waals surface area contributed by atoms with Crippen molar-refractivity contribution >= 4 is 34.5 Å². The zero-order valence-corrected chi connectivity index (χ0v) is 21.6. The van der Waals surface area contributed by atoms with E-state index in [1.165, 1.54) is 11.8 Å². The number of amides is 1. The van der Waals surface area contributed by atoms with Crippen molar-refractivity contribution in [2.75, 3.05) is 24.3 Å². The Morgan fingerprint density at radius 1 is 1.03 bits per heavy atom. The SMILES string of the molecule is CCCCOc1ccc(-c2cc3c4nnc(SCC(=O)Nc5ccccc5OCC)n4ccn3n2)cc1. The van der Waals surface area contributed by atoms with E-state index in [1.807, 2.05) is 78.3 Å². The lowest BCUT2D eigenvalue weighted by Crippen LogP contribution is -2.15. The quantitative estimate of drug-likeness (QED) is 0.187. The number of carbonyl (C=O) groups excluding carboxylic acids is 1. The molecule has 0 aliphatic rings. The maximum absolute atomic E-state index is 12.6. The molecule has 0 atom stereocenters. The van der Waals surface area contributed by atoms with Gasteiger partial charge in [0.15, 0.2) is 10.8 Å². The highest BCUT2D eigenvalue weighted by Gasteiger charge is 2.15. The van der Waals surface area contributed by atoms with Crippen molar-refractivity contribution in [1.29, 1.82) is 0 Å². The minimum Gasteiger partial charge on any atom is -0.494 e. The number of carbonyl (C=O) groups is 1. The molecule has 0 bridgehead atoms. The van der Waals surface area contributed by atoms with Gasteiger partial charge in [-0.3, -0.25) is 9.20 Å². The summed E-state index contributed by atoms with van der Waals surface area (Å²) < 4.78 is 15.0. The summed E-state index contributed by atoms with van der Waals surface area (Å²) in [6.45, 7) is 5.30. The molecule has 3 aromatic heterocycles. The Bertz CT molecular complexity index is 1510. The second kappa shape index (κ2) is 11.3. The molecule has 10 heteroatoms. The molecule has 37 heavy (non-hydrogen) atoms. The lowest BCUT2D eigenvalue weighted by Gasteiger charge is -2.10. The first kappa shape index (κ1) is 24.6. The number of unbranched alkanes of at least 4 members (excludes halogenated alkanes) is 1. The first-order chi connectivity index (χ1) is 18.2. The summed E-state index contributed by atoms with van der Waals surface area (Å²) >= 11 is 1.32. The van der Waals surface area contributed by atoms with Gasteiger partial charge in [-0.1, -0.05) is 37.2 Å². The van der Waals surface area contributed by atoms with Crippen LogP contribution in [0.2, 0.25) is 0 Å². The van der Waals surface area contributed by atoms with E-state index in [1.54, 1.807) is 4.52 Å². The Morgan fingerprint density at radius 2 is 1.86 bits per heavy atom. The molecule has 2 aromatic carbocycles. The number of para-hydroxylation sites is 2. The number of benzene rings is 2. The van der Waals surface area contributed by atoms with E-state index >= 15 is 0 Å². The molecule has 0 saturated carbocycles. The molecular formula is C27H28N6O3S. The van der Waals surface area contributed by atoms with Gasteiger partial charge in [-0.05, 0) is 55.8 Å². The Morgan fingerprint density at radius 3 is 2.68 bits per heavy atom. The van der Waals surface area contributed by atoms with Crippen LogP contribution < -0.4 is 14.8 Å². The van der Waals surface area contributed by atoms with Gasteiger partial charge < -0.3 is 14.8 Å². The van der Waals surface area contributed by atoms with Crippen molar-refractivity contribution in [3.8, 4) is 22.8 Å². The summed E-state index contributed by atoms with van der Waals surface area (Å²) in [5.41, 5.74) is 3.97. The molecule has 1 amide bonds. The van der Waals surface area contributed by atoms with E-state index in [0.29, 0.717) is 28.8 Å². The zero-order chi connectivity index (χ0) is 25.6. The van der Waals surface area contributed by atoms with E-state index in [4.69, 9.17) is 14.6 Å². The summed E-state index contributed by atoms with van der Waals surface area (Å²) in [6.07, 6.45) is 5.86. The fourth-order valence-corrected chi connectivity index (χ4v) is 4.57. The average molecular weight is 517 g/mol. The van der Waals surface area contributed by atoms with E-state index < -0.39 is 0 Å². The summed E-state index contributed by atoms with van der Waals surface area (Å²) in [4.78, 5) is 12.6. The lowest BCUT2D eigenvalue weighted by atomic mass is 10.1. The smallest absolute Gasteiger partial charge is 0.234 e. The van der Waals surface area contributed by atoms with Crippen LogP contribution in [0.25, 0.3) is 22.4 Å². The molecular weight excluding hydrogens is 488 g/mol. The molecule has 0 radical (unpaired) electrons. The Labute approximate surface area is 218 Å². The number of aromatic nitrogens is 5. The number of hydrogen-bond acceptors (Lipinski definition) is 7. The van der Waals surface area contributed by atoms with Crippen LogP contribution in [0.4, 0.5) is 5.69 Å². The van der Waals surface area contributed by atoms with Gasteiger partial charge in [-0.25, -0.2) is 4.52 Å². The molecule has 0 saturated heterocycles. The molecule has 190 valence electrons. The minimum absolute atomic E-state index is 0.149. The highest BCUT2D eigenvalue weighted by Crippen LogP contribution is 2.27. The van der Waals surface area contributed by atoms with Gasteiger partial charge in [0.05, 0.1) is 30.3 Å². The number of ether oxygens (including phenoxy) is 2. The third-order valence-electron chi connectivity index (χ3n) is 5.70. The van der Waals surface area contributed by atoms with Crippen LogP contribution in [0, 0.1) is 0 Å². The molecule has 5 aromatic rings. The molecule has 0 aliphatic heterocycles. The molecule has 0 unspecified atom stereocenters. The third-order valence-corrected chi connectivity index (χ3v) is 6.64. The number of fused-ring (bicyclic) bond motifs is 3. The fourth-order valence-electron chi connectivity index (χ4n) is 3.85. The second-order valence-corrected chi connectivity index (χ2v) is 9.27. The van der Waals surface area contributed by atoms with Crippen molar-refractivity contribution in [1.82, 2.24) is 24.2 Å². The van der Waals surface area contributed by atoms with Crippen molar-refractivity contribution in [3.63, 3.8) is 0 Å². The van der Waals surface area contributed by atoms with Gasteiger partial charge in [-0.15, -0.1) is 10.2 Å². The van der Waals surface area contributed by atoms with E-state index in [-0.39, 0.29) is 11.7 Å². The Balaban J connectivity index is 1.29. The predicted octanol–water partition coefficient (Wildman–Crippen LogP) is 5.35. The van der Waals surface area contributed by atoms with Crippen LogP contribution in [0.15, 0.2) is 72.1 Å².